The van der Waals surface area contributed by atoms with Crippen molar-refractivity contribution >= 4 is 29.6 Å². The topological polar surface area (TPSA) is 66.4 Å². The lowest BCUT2D eigenvalue weighted by molar-refractivity contribution is -0.131. The number of halogens is 1. The van der Waals surface area contributed by atoms with Crippen molar-refractivity contribution in [3.63, 3.8) is 0 Å². The Hall–Kier alpha value is -1.81. The SMILES string of the molecule is CC1CC(NC(=O)c2ccc(/C=C/C(=O)O)c(Cl)c2)C1. The Morgan fingerprint density at radius 3 is 2.65 bits per heavy atom. The molecule has 106 valence electrons. The van der Waals surface area contributed by atoms with Gasteiger partial charge in [-0.05, 0) is 42.5 Å². The van der Waals surface area contributed by atoms with Gasteiger partial charge in [-0.2, -0.15) is 0 Å². The van der Waals surface area contributed by atoms with Gasteiger partial charge >= 0.3 is 5.97 Å². The third-order valence-electron chi connectivity index (χ3n) is 3.38. The van der Waals surface area contributed by atoms with E-state index in [4.69, 9.17) is 16.7 Å². The summed E-state index contributed by atoms with van der Waals surface area (Å²) >= 11 is 6.04. The second-order valence-corrected chi connectivity index (χ2v) is 5.56. The molecule has 0 heterocycles. The molecule has 5 heteroatoms. The molecule has 0 aromatic heterocycles. The number of carbonyl (C=O) groups is 2. The average molecular weight is 294 g/mol. The summed E-state index contributed by atoms with van der Waals surface area (Å²) in [6, 6.07) is 5.09. The molecule has 1 aromatic carbocycles. The molecule has 0 atom stereocenters. The van der Waals surface area contributed by atoms with Crippen LogP contribution >= 0.6 is 11.6 Å². The first kappa shape index (κ1) is 14.6. The largest absolute Gasteiger partial charge is 0.478 e. The number of nitrogens with one attached hydrogen (secondary N) is 1. The van der Waals surface area contributed by atoms with E-state index < -0.39 is 5.97 Å². The van der Waals surface area contributed by atoms with Crippen molar-refractivity contribution < 1.29 is 14.7 Å². The molecule has 2 N–H and O–H groups in total. The Morgan fingerprint density at radius 1 is 1.40 bits per heavy atom. The van der Waals surface area contributed by atoms with E-state index in [1.54, 1.807) is 18.2 Å². The third-order valence-corrected chi connectivity index (χ3v) is 3.70. The fourth-order valence-electron chi connectivity index (χ4n) is 2.25. The van der Waals surface area contributed by atoms with Crippen molar-refractivity contribution in [2.45, 2.75) is 25.8 Å². The lowest BCUT2D eigenvalue weighted by atomic mass is 9.82. The van der Waals surface area contributed by atoms with Gasteiger partial charge in [0.25, 0.3) is 5.91 Å². The van der Waals surface area contributed by atoms with Crippen molar-refractivity contribution in [3.05, 3.63) is 40.4 Å². The van der Waals surface area contributed by atoms with Gasteiger partial charge in [0.05, 0.1) is 0 Å². The fourth-order valence-corrected chi connectivity index (χ4v) is 2.50. The normalized spacial score (nSPS) is 21.5. The van der Waals surface area contributed by atoms with Crippen molar-refractivity contribution in [2.75, 3.05) is 0 Å². The minimum Gasteiger partial charge on any atom is -0.478 e. The zero-order chi connectivity index (χ0) is 14.7. The zero-order valence-electron chi connectivity index (χ0n) is 11.1. The fraction of sp³-hybridized carbons (Fsp3) is 0.333. The Kier molecular flexibility index (Phi) is 4.45. The highest BCUT2D eigenvalue weighted by atomic mass is 35.5. The number of carboxylic acids is 1. The average Bonchev–Trinajstić information content (AvgIpc) is 2.35. The summed E-state index contributed by atoms with van der Waals surface area (Å²) < 4.78 is 0. The van der Waals surface area contributed by atoms with Crippen LogP contribution in [-0.4, -0.2) is 23.0 Å². The first-order valence-electron chi connectivity index (χ1n) is 6.47. The van der Waals surface area contributed by atoms with Gasteiger partial charge in [0.1, 0.15) is 0 Å². The summed E-state index contributed by atoms with van der Waals surface area (Å²) in [6.07, 6.45) is 4.44. The molecule has 0 radical (unpaired) electrons. The highest BCUT2D eigenvalue weighted by Crippen LogP contribution is 2.27. The van der Waals surface area contributed by atoms with Gasteiger partial charge < -0.3 is 10.4 Å². The molecule has 1 aliphatic rings. The predicted molar refractivity (Wildman–Crippen MR) is 77.8 cm³/mol. The first-order valence-corrected chi connectivity index (χ1v) is 6.85. The number of amides is 1. The molecule has 1 aromatic rings. The Morgan fingerprint density at radius 2 is 2.10 bits per heavy atom. The summed E-state index contributed by atoms with van der Waals surface area (Å²) in [4.78, 5) is 22.5. The monoisotopic (exact) mass is 293 g/mol. The van der Waals surface area contributed by atoms with Gasteiger partial charge in [0.15, 0.2) is 0 Å². The van der Waals surface area contributed by atoms with Gasteiger partial charge in [-0.25, -0.2) is 4.79 Å². The van der Waals surface area contributed by atoms with Crippen LogP contribution in [0.15, 0.2) is 24.3 Å². The Balaban J connectivity index is 2.04. The zero-order valence-corrected chi connectivity index (χ0v) is 11.9. The minimum atomic E-state index is -1.04. The van der Waals surface area contributed by atoms with Crippen molar-refractivity contribution in [3.8, 4) is 0 Å². The van der Waals surface area contributed by atoms with Crippen LogP contribution in [0.1, 0.15) is 35.7 Å². The van der Waals surface area contributed by atoms with E-state index in [-0.39, 0.29) is 11.9 Å². The number of benzene rings is 1. The molecule has 20 heavy (non-hydrogen) atoms. The summed E-state index contributed by atoms with van der Waals surface area (Å²) in [5, 5.41) is 11.9. The molecule has 0 aliphatic heterocycles. The van der Waals surface area contributed by atoms with E-state index in [1.807, 2.05) is 0 Å². The number of hydrogen-bond acceptors (Lipinski definition) is 2. The second kappa shape index (κ2) is 6.09. The van der Waals surface area contributed by atoms with E-state index in [0.717, 1.165) is 18.9 Å². The molecule has 0 bridgehead atoms. The molecule has 4 nitrogen and oxygen atoms in total. The molecule has 0 saturated heterocycles. The molecule has 1 fully saturated rings. The maximum atomic E-state index is 12.0. The summed E-state index contributed by atoms with van der Waals surface area (Å²) in [5.74, 6) is -0.507. The number of aliphatic carboxylic acids is 1. The molecule has 1 amide bonds. The number of carboxylic acid groups (broad SMARTS) is 1. The van der Waals surface area contributed by atoms with Gasteiger partial charge in [-0.3, -0.25) is 4.79 Å². The van der Waals surface area contributed by atoms with Crippen LogP contribution in [0.25, 0.3) is 6.08 Å². The van der Waals surface area contributed by atoms with Gasteiger partial charge in [-0.1, -0.05) is 24.6 Å². The van der Waals surface area contributed by atoms with E-state index in [2.05, 4.69) is 12.2 Å². The number of hydrogen-bond donors (Lipinski definition) is 2. The van der Waals surface area contributed by atoms with E-state index >= 15 is 0 Å². The summed E-state index contributed by atoms with van der Waals surface area (Å²) in [5.41, 5.74) is 1.06. The van der Waals surface area contributed by atoms with Crippen molar-refractivity contribution in [1.29, 1.82) is 0 Å². The third kappa shape index (κ3) is 3.61. The predicted octanol–water partition coefficient (Wildman–Crippen LogP) is 2.97. The lowest BCUT2D eigenvalue weighted by Gasteiger charge is -2.33. The summed E-state index contributed by atoms with van der Waals surface area (Å²) in [6.45, 7) is 2.16. The van der Waals surface area contributed by atoms with Crippen LogP contribution in [0.3, 0.4) is 0 Å². The molecule has 0 unspecified atom stereocenters. The highest BCUT2D eigenvalue weighted by Gasteiger charge is 2.26. The Bertz CT molecular complexity index is 562. The maximum absolute atomic E-state index is 12.0. The Labute approximate surface area is 122 Å². The van der Waals surface area contributed by atoms with Crippen LogP contribution in [0.4, 0.5) is 0 Å². The van der Waals surface area contributed by atoms with Crippen LogP contribution < -0.4 is 5.32 Å². The number of carbonyl (C=O) groups excluding carboxylic acids is 1. The standard InChI is InChI=1S/C15H16ClNO3/c1-9-6-12(7-9)17-15(20)11-3-2-10(13(16)8-11)4-5-14(18)19/h2-5,8-9,12H,6-7H2,1H3,(H,17,20)(H,18,19)/b5-4+. The smallest absolute Gasteiger partial charge is 0.328 e. The molecule has 0 spiro atoms. The molecular formula is C15H16ClNO3. The number of rotatable bonds is 4. The van der Waals surface area contributed by atoms with E-state index in [1.165, 1.54) is 6.08 Å². The second-order valence-electron chi connectivity index (χ2n) is 5.15. The van der Waals surface area contributed by atoms with E-state index in [0.29, 0.717) is 22.1 Å². The van der Waals surface area contributed by atoms with Gasteiger partial charge in [0, 0.05) is 22.7 Å². The molecule has 1 saturated carbocycles. The van der Waals surface area contributed by atoms with Crippen molar-refractivity contribution in [2.24, 2.45) is 5.92 Å². The quantitative estimate of drug-likeness (QED) is 0.839. The first-order chi connectivity index (χ1) is 9.45. The van der Waals surface area contributed by atoms with Crippen LogP contribution in [0.2, 0.25) is 5.02 Å². The molecule has 1 aliphatic carbocycles. The van der Waals surface area contributed by atoms with Crippen LogP contribution in [-0.2, 0) is 4.79 Å². The lowest BCUT2D eigenvalue weighted by Crippen LogP contribution is -2.43. The van der Waals surface area contributed by atoms with E-state index in [9.17, 15) is 9.59 Å². The molecule has 2 rings (SSSR count). The maximum Gasteiger partial charge on any atom is 0.328 e. The van der Waals surface area contributed by atoms with Crippen LogP contribution in [0, 0.1) is 5.92 Å². The van der Waals surface area contributed by atoms with Gasteiger partial charge in [-0.15, -0.1) is 0 Å². The van der Waals surface area contributed by atoms with Crippen molar-refractivity contribution in [1.82, 2.24) is 5.32 Å². The van der Waals surface area contributed by atoms with Crippen LogP contribution in [0.5, 0.6) is 0 Å². The summed E-state index contributed by atoms with van der Waals surface area (Å²) in [7, 11) is 0. The van der Waals surface area contributed by atoms with Gasteiger partial charge in [0.2, 0.25) is 0 Å². The molecular weight excluding hydrogens is 278 g/mol. The minimum absolute atomic E-state index is 0.141. The highest BCUT2D eigenvalue weighted by molar-refractivity contribution is 6.32.